The summed E-state index contributed by atoms with van der Waals surface area (Å²) >= 11 is 0. The number of benzene rings is 1. The summed E-state index contributed by atoms with van der Waals surface area (Å²) < 4.78 is 17.0. The molecule has 0 unspecified atom stereocenters. The van der Waals surface area contributed by atoms with E-state index < -0.39 is 5.82 Å². The lowest BCUT2D eigenvalue weighted by atomic mass is 9.99. The maximum Gasteiger partial charge on any atom is 0.250 e. The highest BCUT2D eigenvalue weighted by molar-refractivity contribution is 5.82. The van der Waals surface area contributed by atoms with Crippen molar-refractivity contribution in [2.45, 2.75) is 18.8 Å². The van der Waals surface area contributed by atoms with E-state index in [1.54, 1.807) is 44.0 Å². The topological polar surface area (TPSA) is 76.5 Å². The Kier molecular flexibility index (Phi) is 4.48. The van der Waals surface area contributed by atoms with Gasteiger partial charge < -0.3 is 4.57 Å². The third kappa shape index (κ3) is 3.42. The number of pyridine rings is 2. The highest BCUT2D eigenvalue weighted by atomic mass is 19.1. The van der Waals surface area contributed by atoms with Crippen molar-refractivity contribution in [3.05, 3.63) is 88.6 Å². The first-order valence-corrected chi connectivity index (χ1v) is 9.96. The van der Waals surface area contributed by atoms with Crippen molar-refractivity contribution in [2.75, 3.05) is 0 Å². The molecule has 1 saturated carbocycles. The minimum Gasteiger partial charge on any atom is -0.318 e. The Morgan fingerprint density at radius 2 is 1.94 bits per heavy atom. The maximum absolute atomic E-state index is 14.0. The molecule has 1 fully saturated rings. The fourth-order valence-corrected chi connectivity index (χ4v) is 3.69. The monoisotopic (exact) mass is 411 g/mol. The summed E-state index contributed by atoms with van der Waals surface area (Å²) in [7, 11) is 1.69. The zero-order valence-corrected chi connectivity index (χ0v) is 16.8. The Morgan fingerprint density at radius 3 is 2.65 bits per heavy atom. The van der Waals surface area contributed by atoms with Gasteiger partial charge in [0.15, 0.2) is 0 Å². The van der Waals surface area contributed by atoms with Crippen LogP contribution in [0.4, 0.5) is 4.39 Å². The second kappa shape index (κ2) is 7.33. The molecule has 1 aliphatic carbocycles. The molecule has 0 N–H and O–H groups in total. The van der Waals surface area contributed by atoms with Gasteiger partial charge in [0.25, 0.3) is 5.56 Å². The summed E-state index contributed by atoms with van der Waals surface area (Å²) in [6.07, 6.45) is 9.27. The molecule has 0 atom stereocenters. The molecule has 1 aromatic carbocycles. The number of aryl methyl sites for hydroxylation is 1. The van der Waals surface area contributed by atoms with Crippen molar-refractivity contribution in [3.8, 4) is 34.0 Å². The summed E-state index contributed by atoms with van der Waals surface area (Å²) in [6.45, 7) is 0. The molecule has 152 valence electrons. The smallest absolute Gasteiger partial charge is 0.250 e. The first-order valence-electron chi connectivity index (χ1n) is 9.96. The number of rotatable bonds is 4. The lowest BCUT2D eigenvalue weighted by Crippen LogP contribution is -2.15. The standard InChI is InChI=1S/C24H18FN5O/c1-29-14-20(17-12-28-30(13-17)23-4-2-3-21(25)19(23)10-26)18(9-24(29)31)16-7-8-22(27-11-16)15-5-6-15/h2-4,7-9,11-15H,5-6H2,1H3. The maximum atomic E-state index is 14.0. The van der Waals surface area contributed by atoms with Gasteiger partial charge in [-0.3, -0.25) is 9.78 Å². The van der Waals surface area contributed by atoms with E-state index in [4.69, 9.17) is 0 Å². The van der Waals surface area contributed by atoms with E-state index in [9.17, 15) is 14.4 Å². The molecule has 4 aromatic rings. The van der Waals surface area contributed by atoms with Crippen LogP contribution < -0.4 is 5.56 Å². The number of nitrogens with zero attached hydrogens (tertiary/aromatic N) is 5. The van der Waals surface area contributed by atoms with Crippen LogP contribution >= 0.6 is 0 Å². The molecule has 5 rings (SSSR count). The van der Waals surface area contributed by atoms with E-state index in [1.165, 1.54) is 34.2 Å². The van der Waals surface area contributed by atoms with E-state index in [0.717, 1.165) is 27.9 Å². The van der Waals surface area contributed by atoms with Crippen LogP contribution in [-0.4, -0.2) is 19.3 Å². The van der Waals surface area contributed by atoms with Gasteiger partial charge in [0.05, 0.1) is 11.9 Å². The van der Waals surface area contributed by atoms with Gasteiger partial charge in [0, 0.05) is 60.0 Å². The SMILES string of the molecule is Cn1cc(-c2cnn(-c3cccc(F)c3C#N)c2)c(-c2ccc(C3CC3)nc2)cc1=O. The Balaban J connectivity index is 1.62. The van der Waals surface area contributed by atoms with Gasteiger partial charge >= 0.3 is 0 Å². The van der Waals surface area contributed by atoms with Crippen LogP contribution in [0.2, 0.25) is 0 Å². The number of hydrogen-bond donors (Lipinski definition) is 0. The highest BCUT2D eigenvalue weighted by Crippen LogP contribution is 2.39. The highest BCUT2D eigenvalue weighted by Gasteiger charge is 2.24. The lowest BCUT2D eigenvalue weighted by molar-refractivity contribution is 0.621. The summed E-state index contributed by atoms with van der Waals surface area (Å²) in [5.41, 5.74) is 4.36. The summed E-state index contributed by atoms with van der Waals surface area (Å²) in [6, 6.07) is 11.9. The Labute approximate surface area is 177 Å². The van der Waals surface area contributed by atoms with Gasteiger partial charge in [-0.1, -0.05) is 12.1 Å². The van der Waals surface area contributed by atoms with Crippen molar-refractivity contribution in [1.29, 1.82) is 5.26 Å². The van der Waals surface area contributed by atoms with Gasteiger partial charge in [-0.25, -0.2) is 9.07 Å². The molecule has 0 saturated heterocycles. The molecule has 0 amide bonds. The van der Waals surface area contributed by atoms with Crippen molar-refractivity contribution >= 4 is 0 Å². The second-order valence-corrected chi connectivity index (χ2v) is 7.72. The first kappa shape index (κ1) is 18.9. The lowest BCUT2D eigenvalue weighted by Gasteiger charge is -2.11. The minimum atomic E-state index is -0.596. The van der Waals surface area contributed by atoms with Gasteiger partial charge in [0.2, 0.25) is 0 Å². The van der Waals surface area contributed by atoms with Gasteiger partial charge in [-0.2, -0.15) is 10.4 Å². The molecule has 0 bridgehead atoms. The predicted octanol–water partition coefficient (Wildman–Crippen LogP) is 4.19. The average Bonchev–Trinajstić information content (AvgIpc) is 3.52. The normalized spacial score (nSPS) is 13.2. The molecule has 7 heteroatoms. The van der Waals surface area contributed by atoms with E-state index in [-0.39, 0.29) is 11.1 Å². The summed E-state index contributed by atoms with van der Waals surface area (Å²) in [5, 5.41) is 13.7. The van der Waals surface area contributed by atoms with Crippen molar-refractivity contribution in [2.24, 2.45) is 7.05 Å². The molecule has 0 spiro atoms. The fraction of sp³-hybridized carbons (Fsp3) is 0.167. The molecule has 1 aliphatic rings. The Bertz CT molecular complexity index is 1390. The largest absolute Gasteiger partial charge is 0.318 e. The van der Waals surface area contributed by atoms with Crippen molar-refractivity contribution in [1.82, 2.24) is 19.3 Å². The van der Waals surface area contributed by atoms with Gasteiger partial charge in [-0.15, -0.1) is 0 Å². The quantitative estimate of drug-likeness (QED) is 0.505. The zero-order valence-electron chi connectivity index (χ0n) is 16.8. The molecule has 3 aromatic heterocycles. The number of halogens is 1. The molecule has 31 heavy (non-hydrogen) atoms. The molecular formula is C24H18FN5O. The molecule has 0 aliphatic heterocycles. The summed E-state index contributed by atoms with van der Waals surface area (Å²) in [5.74, 6) is -0.0438. The predicted molar refractivity (Wildman–Crippen MR) is 114 cm³/mol. The van der Waals surface area contributed by atoms with E-state index in [2.05, 4.69) is 10.1 Å². The van der Waals surface area contributed by atoms with Crippen LogP contribution in [-0.2, 0) is 7.05 Å². The van der Waals surface area contributed by atoms with E-state index in [0.29, 0.717) is 11.6 Å². The number of aromatic nitrogens is 4. The van der Waals surface area contributed by atoms with E-state index >= 15 is 0 Å². The first-order chi connectivity index (χ1) is 15.0. The Morgan fingerprint density at radius 1 is 1.10 bits per heavy atom. The minimum absolute atomic E-state index is 0.0716. The Hall–Kier alpha value is -4.05. The number of hydrogen-bond acceptors (Lipinski definition) is 4. The fourth-order valence-electron chi connectivity index (χ4n) is 3.69. The third-order valence-corrected chi connectivity index (χ3v) is 5.57. The molecule has 6 nitrogen and oxygen atoms in total. The zero-order chi connectivity index (χ0) is 21.5. The van der Waals surface area contributed by atoms with Crippen LogP contribution in [0.1, 0.15) is 30.0 Å². The van der Waals surface area contributed by atoms with Crippen LogP contribution in [0.15, 0.2) is 66.0 Å². The van der Waals surface area contributed by atoms with Crippen molar-refractivity contribution in [3.63, 3.8) is 0 Å². The van der Waals surface area contributed by atoms with Crippen molar-refractivity contribution < 1.29 is 4.39 Å². The van der Waals surface area contributed by atoms with Crippen LogP contribution in [0.25, 0.3) is 27.9 Å². The molecule has 0 radical (unpaired) electrons. The summed E-state index contributed by atoms with van der Waals surface area (Å²) in [4.78, 5) is 17.0. The molecule has 3 heterocycles. The van der Waals surface area contributed by atoms with Gasteiger partial charge in [-0.05, 0) is 36.6 Å². The van der Waals surface area contributed by atoms with Crippen LogP contribution in [0, 0.1) is 17.1 Å². The van der Waals surface area contributed by atoms with E-state index in [1.807, 2.05) is 18.2 Å². The van der Waals surface area contributed by atoms with Gasteiger partial charge in [0.1, 0.15) is 17.4 Å². The van der Waals surface area contributed by atoms with Crippen LogP contribution in [0.5, 0.6) is 0 Å². The second-order valence-electron chi connectivity index (χ2n) is 7.72. The number of nitriles is 1. The average molecular weight is 411 g/mol. The third-order valence-electron chi connectivity index (χ3n) is 5.57. The molecular weight excluding hydrogens is 393 g/mol. The van der Waals surface area contributed by atoms with Crippen LogP contribution in [0.3, 0.4) is 0 Å².